The molecule has 0 aromatic heterocycles. The Morgan fingerprint density at radius 2 is 2.09 bits per heavy atom. The van der Waals surface area contributed by atoms with Crippen LogP contribution in [0.15, 0.2) is 23.1 Å². The van der Waals surface area contributed by atoms with E-state index in [2.05, 4.69) is 4.72 Å². The lowest BCUT2D eigenvalue weighted by Gasteiger charge is -2.15. The number of hydrogen-bond acceptors (Lipinski definition) is 2. The number of fused-ring (bicyclic) bond motifs is 3. The van der Waals surface area contributed by atoms with E-state index < -0.39 is 10.0 Å². The quantitative estimate of drug-likeness (QED) is 0.672. The molecule has 1 aromatic carbocycles. The average Bonchev–Trinajstić information content (AvgIpc) is 1.83. The van der Waals surface area contributed by atoms with Crippen LogP contribution in [0.1, 0.15) is 0 Å². The molecule has 1 N–H and O–H groups in total. The fraction of sp³-hybridized carbons (Fsp3) is 0. The average molecular weight is 190 g/mol. The molecular weight excluding hydrogens is 186 g/mol. The van der Waals surface area contributed by atoms with Crippen LogP contribution < -0.4 is 4.72 Å². The van der Waals surface area contributed by atoms with E-state index in [-0.39, 0.29) is 9.92 Å². The molecular formula is C6H4ClNO2S. The maximum Gasteiger partial charge on any atom is 0.263 e. The van der Waals surface area contributed by atoms with Crippen molar-refractivity contribution in [3.8, 4) is 0 Å². The van der Waals surface area contributed by atoms with E-state index in [1.165, 1.54) is 6.07 Å². The van der Waals surface area contributed by atoms with Crippen LogP contribution in [0.2, 0.25) is 5.02 Å². The zero-order valence-corrected chi connectivity index (χ0v) is 6.91. The lowest BCUT2D eigenvalue weighted by atomic mass is 10.3. The van der Waals surface area contributed by atoms with Gasteiger partial charge in [-0.25, -0.2) is 8.42 Å². The third-order valence-corrected chi connectivity index (χ3v) is 3.34. The minimum Gasteiger partial charge on any atom is -0.280 e. The highest BCUT2D eigenvalue weighted by atomic mass is 35.5. The summed E-state index contributed by atoms with van der Waals surface area (Å²) >= 11 is 5.63. The fourth-order valence-corrected chi connectivity index (χ4v) is 2.59. The topological polar surface area (TPSA) is 46.2 Å². The summed E-state index contributed by atoms with van der Waals surface area (Å²) < 4.78 is 24.5. The van der Waals surface area contributed by atoms with Crippen molar-refractivity contribution in [2.75, 3.05) is 4.72 Å². The first-order chi connectivity index (χ1) is 5.09. The Balaban J connectivity index is 2.88. The van der Waals surface area contributed by atoms with E-state index >= 15 is 0 Å². The van der Waals surface area contributed by atoms with Gasteiger partial charge in [-0.2, -0.15) is 0 Å². The van der Waals surface area contributed by atoms with Crippen LogP contribution in [0.4, 0.5) is 5.69 Å². The summed E-state index contributed by atoms with van der Waals surface area (Å²) in [7, 11) is -3.33. The monoisotopic (exact) mass is 189 g/mol. The Morgan fingerprint density at radius 3 is 2.45 bits per heavy atom. The van der Waals surface area contributed by atoms with Crippen molar-refractivity contribution >= 4 is 27.3 Å². The van der Waals surface area contributed by atoms with Crippen molar-refractivity contribution in [1.82, 2.24) is 0 Å². The van der Waals surface area contributed by atoms with E-state index in [0.717, 1.165) is 0 Å². The Hall–Kier alpha value is -0.740. The number of sulfonamides is 1. The second-order valence-electron chi connectivity index (χ2n) is 2.25. The molecule has 0 fully saturated rings. The van der Waals surface area contributed by atoms with Gasteiger partial charge in [0.15, 0.2) is 0 Å². The van der Waals surface area contributed by atoms with Gasteiger partial charge in [-0.05, 0) is 18.2 Å². The molecule has 11 heavy (non-hydrogen) atoms. The maximum atomic E-state index is 11.1. The highest BCUT2D eigenvalue weighted by Crippen LogP contribution is 2.31. The van der Waals surface area contributed by atoms with Crippen LogP contribution >= 0.6 is 11.6 Å². The van der Waals surface area contributed by atoms with Crippen molar-refractivity contribution in [3.05, 3.63) is 23.2 Å². The SMILES string of the molecule is O=S1(=O)Nc2ccc1c(Cl)c2. The molecule has 58 valence electrons. The maximum absolute atomic E-state index is 11.1. The van der Waals surface area contributed by atoms with E-state index in [0.29, 0.717) is 5.69 Å². The molecule has 3 rings (SSSR count). The molecule has 0 aliphatic carbocycles. The number of rotatable bonds is 0. The molecule has 3 nitrogen and oxygen atoms in total. The minimum absolute atomic E-state index is 0.147. The molecule has 1 aromatic rings. The number of nitrogens with one attached hydrogen (secondary N) is 1. The first kappa shape index (κ1) is 6.94. The largest absolute Gasteiger partial charge is 0.280 e. The Kier molecular flexibility index (Phi) is 1.20. The van der Waals surface area contributed by atoms with Crippen LogP contribution in [0.5, 0.6) is 0 Å². The first-order valence-electron chi connectivity index (χ1n) is 2.92. The van der Waals surface area contributed by atoms with Gasteiger partial charge in [-0.15, -0.1) is 0 Å². The number of hydrogen-bond donors (Lipinski definition) is 1. The van der Waals surface area contributed by atoms with E-state index in [1.54, 1.807) is 12.1 Å². The van der Waals surface area contributed by atoms with Crippen LogP contribution in [0, 0.1) is 0 Å². The fourth-order valence-electron chi connectivity index (χ4n) is 0.992. The molecule has 2 heterocycles. The van der Waals surface area contributed by atoms with Gasteiger partial charge in [0, 0.05) is 0 Å². The smallest absolute Gasteiger partial charge is 0.263 e. The molecule has 0 spiro atoms. The molecule has 0 radical (unpaired) electrons. The summed E-state index contributed by atoms with van der Waals surface area (Å²) in [5.74, 6) is 0. The third kappa shape index (κ3) is 0.902. The normalized spacial score (nSPS) is 17.9. The summed E-state index contributed by atoms with van der Waals surface area (Å²) in [5, 5.41) is 0.279. The Labute approximate surface area is 69.0 Å². The second-order valence-corrected chi connectivity index (χ2v) is 4.31. The van der Waals surface area contributed by atoms with Gasteiger partial charge in [0.05, 0.1) is 10.7 Å². The standard InChI is InChI=1S/C6H4ClNO2S/c7-5-3-4-1-2-6(5)11(9,10)8-4/h1-3,8H. The van der Waals surface area contributed by atoms with Crippen molar-refractivity contribution in [3.63, 3.8) is 0 Å². The number of halogens is 1. The molecule has 5 heteroatoms. The summed E-state index contributed by atoms with van der Waals surface area (Å²) in [6.07, 6.45) is 0. The highest BCUT2D eigenvalue weighted by Gasteiger charge is 2.23. The van der Waals surface area contributed by atoms with Gasteiger partial charge in [0.2, 0.25) is 0 Å². The van der Waals surface area contributed by atoms with Crippen LogP contribution in [0.3, 0.4) is 0 Å². The van der Waals surface area contributed by atoms with Gasteiger partial charge < -0.3 is 0 Å². The highest BCUT2D eigenvalue weighted by molar-refractivity contribution is 7.93. The molecule has 2 aliphatic heterocycles. The molecule has 0 unspecified atom stereocenters. The van der Waals surface area contributed by atoms with Gasteiger partial charge >= 0.3 is 0 Å². The first-order valence-corrected chi connectivity index (χ1v) is 4.78. The van der Waals surface area contributed by atoms with Gasteiger partial charge in [0.1, 0.15) is 4.90 Å². The third-order valence-electron chi connectivity index (χ3n) is 1.47. The molecule has 0 saturated heterocycles. The summed E-state index contributed by atoms with van der Waals surface area (Å²) in [6.45, 7) is 0. The zero-order chi connectivity index (χ0) is 8.06. The van der Waals surface area contributed by atoms with E-state index in [9.17, 15) is 8.42 Å². The summed E-state index contributed by atoms with van der Waals surface area (Å²) in [6, 6.07) is 4.74. The van der Waals surface area contributed by atoms with Crippen molar-refractivity contribution in [2.45, 2.75) is 4.90 Å². The second kappa shape index (κ2) is 1.89. The van der Waals surface area contributed by atoms with Crippen molar-refractivity contribution in [2.24, 2.45) is 0 Å². The molecule has 2 bridgehead atoms. The van der Waals surface area contributed by atoms with Crippen LogP contribution in [0.25, 0.3) is 0 Å². The number of benzene rings is 1. The summed E-state index contributed by atoms with van der Waals surface area (Å²) in [5.41, 5.74) is 0.519. The van der Waals surface area contributed by atoms with E-state index in [4.69, 9.17) is 11.6 Å². The number of anilines is 1. The van der Waals surface area contributed by atoms with Gasteiger partial charge in [-0.1, -0.05) is 11.6 Å². The zero-order valence-electron chi connectivity index (χ0n) is 5.33. The molecule has 0 saturated carbocycles. The molecule has 0 amide bonds. The predicted octanol–water partition coefficient (Wildman–Crippen LogP) is 1.45. The van der Waals surface area contributed by atoms with Crippen LogP contribution in [-0.2, 0) is 10.0 Å². The van der Waals surface area contributed by atoms with Crippen LogP contribution in [-0.4, -0.2) is 8.42 Å². The van der Waals surface area contributed by atoms with Gasteiger partial charge in [0.25, 0.3) is 10.0 Å². The predicted molar refractivity (Wildman–Crippen MR) is 42.3 cm³/mol. The van der Waals surface area contributed by atoms with Crippen molar-refractivity contribution < 1.29 is 8.42 Å². The Bertz CT molecular complexity index is 413. The molecule has 0 atom stereocenters. The van der Waals surface area contributed by atoms with Crippen molar-refractivity contribution in [1.29, 1.82) is 0 Å². The minimum atomic E-state index is -3.33. The van der Waals surface area contributed by atoms with Gasteiger partial charge in [-0.3, -0.25) is 4.72 Å². The molecule has 2 aliphatic rings. The lowest BCUT2D eigenvalue weighted by molar-refractivity contribution is 0.600. The Morgan fingerprint density at radius 1 is 1.36 bits per heavy atom. The summed E-state index contributed by atoms with van der Waals surface area (Å²) in [4.78, 5) is 0.147. The van der Waals surface area contributed by atoms with E-state index in [1.807, 2.05) is 0 Å². The lowest BCUT2D eigenvalue weighted by Crippen LogP contribution is -2.17.